The van der Waals surface area contributed by atoms with Gasteiger partial charge < -0.3 is 0 Å². The van der Waals surface area contributed by atoms with Crippen molar-refractivity contribution >= 4 is 11.6 Å². The molecule has 0 fully saturated rings. The standard InChI is InChI=1S/C8H10ClN5/c1-6-3-8(11-13(6)2)14-5-7(4-9)10-12-14/h3,5H,4H2,1-2H3. The summed E-state index contributed by atoms with van der Waals surface area (Å²) >= 11 is 5.62. The van der Waals surface area contributed by atoms with Crippen molar-refractivity contribution in [1.29, 1.82) is 0 Å². The molecule has 2 rings (SSSR count). The highest BCUT2D eigenvalue weighted by Crippen LogP contribution is 2.07. The molecule has 0 saturated heterocycles. The van der Waals surface area contributed by atoms with Crippen molar-refractivity contribution in [2.75, 3.05) is 0 Å². The van der Waals surface area contributed by atoms with Crippen molar-refractivity contribution < 1.29 is 0 Å². The fourth-order valence-corrected chi connectivity index (χ4v) is 1.25. The van der Waals surface area contributed by atoms with E-state index >= 15 is 0 Å². The molecule has 0 aliphatic carbocycles. The van der Waals surface area contributed by atoms with E-state index in [4.69, 9.17) is 11.6 Å². The zero-order valence-corrected chi connectivity index (χ0v) is 8.73. The second-order valence-corrected chi connectivity index (χ2v) is 3.32. The average molecular weight is 212 g/mol. The van der Waals surface area contributed by atoms with Crippen LogP contribution in [0.4, 0.5) is 0 Å². The summed E-state index contributed by atoms with van der Waals surface area (Å²) in [6.07, 6.45) is 1.77. The Morgan fingerprint density at radius 3 is 2.79 bits per heavy atom. The largest absolute Gasteiger partial charge is 0.271 e. The number of aromatic nitrogens is 5. The molecule has 0 amide bonds. The van der Waals surface area contributed by atoms with Crippen LogP contribution >= 0.6 is 11.6 Å². The second-order valence-electron chi connectivity index (χ2n) is 3.06. The van der Waals surface area contributed by atoms with Crippen LogP contribution in [-0.4, -0.2) is 24.8 Å². The van der Waals surface area contributed by atoms with Crippen LogP contribution in [0.15, 0.2) is 12.3 Å². The predicted octanol–water partition coefficient (Wildman–Crippen LogP) is 1.05. The lowest BCUT2D eigenvalue weighted by atomic mass is 10.4. The van der Waals surface area contributed by atoms with Crippen molar-refractivity contribution in [3.05, 3.63) is 23.7 Å². The number of hydrogen-bond donors (Lipinski definition) is 0. The van der Waals surface area contributed by atoms with Gasteiger partial charge in [-0.3, -0.25) is 4.68 Å². The fraction of sp³-hybridized carbons (Fsp3) is 0.375. The van der Waals surface area contributed by atoms with Crippen molar-refractivity contribution in [1.82, 2.24) is 24.8 Å². The summed E-state index contributed by atoms with van der Waals surface area (Å²) in [6, 6.07) is 1.94. The van der Waals surface area contributed by atoms with Gasteiger partial charge in [0.25, 0.3) is 0 Å². The minimum Gasteiger partial charge on any atom is -0.271 e. The maximum absolute atomic E-state index is 5.62. The van der Waals surface area contributed by atoms with Gasteiger partial charge in [0.05, 0.1) is 17.8 Å². The van der Waals surface area contributed by atoms with Crippen molar-refractivity contribution in [3.63, 3.8) is 0 Å². The van der Waals surface area contributed by atoms with Crippen LogP contribution in [0.3, 0.4) is 0 Å². The molecule has 0 unspecified atom stereocenters. The first-order valence-corrected chi connectivity index (χ1v) is 4.72. The van der Waals surface area contributed by atoms with Gasteiger partial charge in [-0.25, -0.2) is 4.68 Å². The summed E-state index contributed by atoms with van der Waals surface area (Å²) in [5.74, 6) is 1.13. The van der Waals surface area contributed by atoms with Gasteiger partial charge in [-0.2, -0.15) is 5.10 Å². The van der Waals surface area contributed by atoms with E-state index in [9.17, 15) is 0 Å². The molecule has 0 radical (unpaired) electrons. The molecule has 5 nitrogen and oxygen atoms in total. The third kappa shape index (κ3) is 1.50. The van der Waals surface area contributed by atoms with E-state index in [-0.39, 0.29) is 0 Å². The van der Waals surface area contributed by atoms with E-state index in [0.717, 1.165) is 17.2 Å². The van der Waals surface area contributed by atoms with Crippen molar-refractivity contribution in [3.8, 4) is 5.82 Å². The summed E-state index contributed by atoms with van der Waals surface area (Å²) in [7, 11) is 1.89. The van der Waals surface area contributed by atoms with Gasteiger partial charge in [0.1, 0.15) is 0 Å². The van der Waals surface area contributed by atoms with Crippen LogP contribution in [0.5, 0.6) is 0 Å². The average Bonchev–Trinajstić information content (AvgIpc) is 2.74. The Labute approximate surface area is 86.3 Å². The highest BCUT2D eigenvalue weighted by molar-refractivity contribution is 6.16. The molecule has 0 aliphatic heterocycles. The van der Waals surface area contributed by atoms with E-state index < -0.39 is 0 Å². The zero-order valence-electron chi connectivity index (χ0n) is 7.98. The van der Waals surface area contributed by atoms with Gasteiger partial charge in [-0.05, 0) is 6.92 Å². The van der Waals surface area contributed by atoms with Gasteiger partial charge in [-0.15, -0.1) is 16.7 Å². The molecular formula is C8H10ClN5. The van der Waals surface area contributed by atoms with E-state index in [0.29, 0.717) is 5.88 Å². The molecule has 0 atom stereocenters. The molecule has 0 aromatic carbocycles. The van der Waals surface area contributed by atoms with Crippen LogP contribution in [0.25, 0.3) is 5.82 Å². The number of aryl methyl sites for hydroxylation is 2. The van der Waals surface area contributed by atoms with E-state index in [1.54, 1.807) is 15.6 Å². The Balaban J connectivity index is 2.39. The van der Waals surface area contributed by atoms with Crippen molar-refractivity contribution in [2.24, 2.45) is 7.05 Å². The SMILES string of the molecule is Cc1cc(-n2cc(CCl)nn2)nn1C. The molecule has 6 heteroatoms. The lowest BCUT2D eigenvalue weighted by molar-refractivity contribution is 0.702. The molecule has 0 N–H and O–H groups in total. The van der Waals surface area contributed by atoms with Crippen LogP contribution < -0.4 is 0 Å². The summed E-state index contributed by atoms with van der Waals surface area (Å²) in [5, 5.41) is 12.1. The summed E-state index contributed by atoms with van der Waals surface area (Å²) in [5.41, 5.74) is 1.82. The van der Waals surface area contributed by atoms with Gasteiger partial charge in [0.2, 0.25) is 0 Å². The number of halogens is 1. The van der Waals surface area contributed by atoms with E-state index in [1.165, 1.54) is 0 Å². The molecule has 74 valence electrons. The highest BCUT2D eigenvalue weighted by Gasteiger charge is 2.05. The number of alkyl halides is 1. The minimum absolute atomic E-state index is 0.367. The summed E-state index contributed by atoms with van der Waals surface area (Å²) < 4.78 is 3.40. The molecule has 0 bridgehead atoms. The number of rotatable bonds is 2. The Hall–Kier alpha value is -1.36. The number of hydrogen-bond acceptors (Lipinski definition) is 3. The van der Waals surface area contributed by atoms with Crippen LogP contribution in [0, 0.1) is 6.92 Å². The molecule has 0 spiro atoms. The fourth-order valence-electron chi connectivity index (χ4n) is 1.13. The van der Waals surface area contributed by atoms with Gasteiger partial charge in [-0.1, -0.05) is 5.21 Å². The summed E-state index contributed by atoms with van der Waals surface area (Å²) in [4.78, 5) is 0. The molecule has 0 saturated carbocycles. The Bertz CT molecular complexity index is 425. The van der Waals surface area contributed by atoms with Crippen LogP contribution in [0.2, 0.25) is 0 Å². The van der Waals surface area contributed by atoms with Crippen LogP contribution in [0.1, 0.15) is 11.4 Å². The quantitative estimate of drug-likeness (QED) is 0.698. The molecule has 0 aliphatic rings. The lowest BCUT2D eigenvalue weighted by Gasteiger charge is -1.91. The Morgan fingerprint density at radius 2 is 2.29 bits per heavy atom. The number of nitrogens with zero attached hydrogens (tertiary/aromatic N) is 5. The maximum Gasteiger partial charge on any atom is 0.177 e. The Morgan fingerprint density at radius 1 is 1.50 bits per heavy atom. The monoisotopic (exact) mass is 211 g/mol. The third-order valence-corrected chi connectivity index (χ3v) is 2.29. The normalized spacial score (nSPS) is 10.8. The second kappa shape index (κ2) is 3.42. The topological polar surface area (TPSA) is 48.5 Å². The minimum atomic E-state index is 0.367. The first kappa shape index (κ1) is 9.21. The molecular weight excluding hydrogens is 202 g/mol. The summed E-state index contributed by atoms with van der Waals surface area (Å²) in [6.45, 7) is 1.98. The van der Waals surface area contributed by atoms with E-state index in [2.05, 4.69) is 15.4 Å². The highest BCUT2D eigenvalue weighted by atomic mass is 35.5. The van der Waals surface area contributed by atoms with Gasteiger partial charge in [0, 0.05) is 18.8 Å². The molecule has 2 aromatic rings. The zero-order chi connectivity index (χ0) is 10.1. The Kier molecular flexibility index (Phi) is 2.25. The first-order chi connectivity index (χ1) is 6.70. The third-order valence-electron chi connectivity index (χ3n) is 2.01. The molecule has 14 heavy (non-hydrogen) atoms. The van der Waals surface area contributed by atoms with Gasteiger partial charge >= 0.3 is 0 Å². The lowest BCUT2D eigenvalue weighted by Crippen LogP contribution is -1.98. The smallest absolute Gasteiger partial charge is 0.177 e. The van der Waals surface area contributed by atoms with E-state index in [1.807, 2.05) is 20.0 Å². The maximum atomic E-state index is 5.62. The molecule has 2 aromatic heterocycles. The van der Waals surface area contributed by atoms with Crippen LogP contribution in [-0.2, 0) is 12.9 Å². The van der Waals surface area contributed by atoms with Crippen molar-refractivity contribution in [2.45, 2.75) is 12.8 Å². The first-order valence-electron chi connectivity index (χ1n) is 4.19. The predicted molar refractivity (Wildman–Crippen MR) is 52.4 cm³/mol. The van der Waals surface area contributed by atoms with Gasteiger partial charge in [0.15, 0.2) is 5.82 Å². The molecule has 2 heterocycles.